The van der Waals surface area contributed by atoms with Gasteiger partial charge in [-0.2, -0.15) is 0 Å². The lowest BCUT2D eigenvalue weighted by Gasteiger charge is -2.36. The van der Waals surface area contributed by atoms with Crippen molar-refractivity contribution < 1.29 is 9.84 Å². The van der Waals surface area contributed by atoms with E-state index in [0.717, 1.165) is 32.5 Å². The summed E-state index contributed by atoms with van der Waals surface area (Å²) in [5.41, 5.74) is 0.0758. The Morgan fingerprint density at radius 3 is 2.67 bits per heavy atom. The highest BCUT2D eigenvalue weighted by molar-refractivity contribution is 4.81. The Morgan fingerprint density at radius 1 is 1.50 bits per heavy atom. The minimum absolute atomic E-state index is 0.0758. The van der Waals surface area contributed by atoms with E-state index in [2.05, 4.69) is 13.8 Å². The fourth-order valence-electron chi connectivity index (χ4n) is 2.13. The first-order valence-corrected chi connectivity index (χ1v) is 4.87. The summed E-state index contributed by atoms with van der Waals surface area (Å²) in [6, 6.07) is 0. The molecule has 1 rings (SSSR count). The topological polar surface area (TPSA) is 29.5 Å². The predicted octanol–water partition coefficient (Wildman–Crippen LogP) is 1.82. The van der Waals surface area contributed by atoms with Crippen LogP contribution in [-0.4, -0.2) is 24.9 Å². The lowest BCUT2D eigenvalue weighted by atomic mass is 9.77. The van der Waals surface area contributed by atoms with Crippen LogP contribution in [0.3, 0.4) is 0 Å². The summed E-state index contributed by atoms with van der Waals surface area (Å²) >= 11 is 0. The zero-order valence-electron chi connectivity index (χ0n) is 8.18. The van der Waals surface area contributed by atoms with Gasteiger partial charge in [0.15, 0.2) is 0 Å². The van der Waals surface area contributed by atoms with Gasteiger partial charge in [0.25, 0.3) is 0 Å². The molecule has 0 aromatic heterocycles. The van der Waals surface area contributed by atoms with Gasteiger partial charge in [-0.1, -0.05) is 13.8 Å². The van der Waals surface area contributed by atoms with Gasteiger partial charge in [0.1, 0.15) is 0 Å². The fourth-order valence-corrected chi connectivity index (χ4v) is 2.13. The van der Waals surface area contributed by atoms with Crippen LogP contribution in [0.2, 0.25) is 0 Å². The number of aliphatic hydroxyl groups is 1. The highest BCUT2D eigenvalue weighted by atomic mass is 16.5. The smallest absolute Gasteiger partial charge is 0.0544 e. The lowest BCUT2D eigenvalue weighted by molar-refractivity contribution is -0.0489. The third-order valence-electron chi connectivity index (χ3n) is 2.58. The van der Waals surface area contributed by atoms with E-state index in [1.54, 1.807) is 0 Å². The van der Waals surface area contributed by atoms with Gasteiger partial charge in [-0.25, -0.2) is 0 Å². The van der Waals surface area contributed by atoms with Crippen LogP contribution in [-0.2, 0) is 4.74 Å². The molecule has 0 saturated carbocycles. The van der Waals surface area contributed by atoms with Gasteiger partial charge >= 0.3 is 0 Å². The summed E-state index contributed by atoms with van der Waals surface area (Å²) in [4.78, 5) is 0. The normalized spacial score (nSPS) is 31.0. The molecule has 0 amide bonds. The standard InChI is InChI=1S/C10H20O2/c1-9(2)6-10(7-11)4-3-5-12-8-10/h9,11H,3-8H2,1-2H3. The first-order valence-electron chi connectivity index (χ1n) is 4.87. The van der Waals surface area contributed by atoms with Crippen LogP contribution < -0.4 is 0 Å². The average molecular weight is 172 g/mol. The molecule has 0 radical (unpaired) electrons. The number of hydrogen-bond acceptors (Lipinski definition) is 2. The molecule has 2 heteroatoms. The average Bonchev–Trinajstić information content (AvgIpc) is 2.05. The molecular formula is C10H20O2. The minimum atomic E-state index is 0.0758. The molecule has 2 nitrogen and oxygen atoms in total. The predicted molar refractivity (Wildman–Crippen MR) is 49.0 cm³/mol. The van der Waals surface area contributed by atoms with Crippen molar-refractivity contribution in [1.82, 2.24) is 0 Å². The molecule has 0 aliphatic carbocycles. The maximum Gasteiger partial charge on any atom is 0.0544 e. The van der Waals surface area contributed by atoms with Gasteiger partial charge in [-0.15, -0.1) is 0 Å². The van der Waals surface area contributed by atoms with Crippen LogP contribution in [0, 0.1) is 11.3 Å². The van der Waals surface area contributed by atoms with E-state index in [0.29, 0.717) is 5.92 Å². The van der Waals surface area contributed by atoms with Gasteiger partial charge in [0.2, 0.25) is 0 Å². The van der Waals surface area contributed by atoms with Crippen LogP contribution in [0.5, 0.6) is 0 Å². The van der Waals surface area contributed by atoms with Crippen LogP contribution in [0.4, 0.5) is 0 Å². The molecule has 0 bridgehead atoms. The van der Waals surface area contributed by atoms with E-state index in [1.807, 2.05) is 0 Å². The molecule has 1 N–H and O–H groups in total. The minimum Gasteiger partial charge on any atom is -0.396 e. The maximum atomic E-state index is 9.31. The van der Waals surface area contributed by atoms with Gasteiger partial charge in [-0.05, 0) is 25.2 Å². The van der Waals surface area contributed by atoms with Crippen LogP contribution in [0.1, 0.15) is 33.1 Å². The van der Waals surface area contributed by atoms with E-state index in [4.69, 9.17) is 4.74 Å². The van der Waals surface area contributed by atoms with Crippen molar-refractivity contribution in [2.24, 2.45) is 11.3 Å². The first-order chi connectivity index (χ1) is 5.68. The van der Waals surface area contributed by atoms with Crippen LogP contribution >= 0.6 is 0 Å². The van der Waals surface area contributed by atoms with Crippen molar-refractivity contribution in [2.45, 2.75) is 33.1 Å². The fraction of sp³-hybridized carbons (Fsp3) is 1.00. The Morgan fingerprint density at radius 2 is 2.25 bits per heavy atom. The summed E-state index contributed by atoms with van der Waals surface area (Å²) < 4.78 is 5.42. The van der Waals surface area contributed by atoms with Crippen molar-refractivity contribution in [3.63, 3.8) is 0 Å². The summed E-state index contributed by atoms with van der Waals surface area (Å²) in [6.45, 7) is 6.31. The maximum absolute atomic E-state index is 9.31. The molecule has 72 valence electrons. The Bertz CT molecular complexity index is 126. The molecule has 1 aliphatic heterocycles. The van der Waals surface area contributed by atoms with Crippen LogP contribution in [0.25, 0.3) is 0 Å². The second-order valence-electron chi connectivity index (χ2n) is 4.41. The summed E-state index contributed by atoms with van der Waals surface area (Å²) in [6.07, 6.45) is 3.32. The molecule has 1 heterocycles. The molecule has 0 aromatic rings. The van der Waals surface area contributed by atoms with Crippen molar-refractivity contribution in [2.75, 3.05) is 19.8 Å². The number of aliphatic hydroxyl groups excluding tert-OH is 1. The molecule has 1 aliphatic rings. The second kappa shape index (κ2) is 4.24. The van der Waals surface area contributed by atoms with E-state index >= 15 is 0 Å². The zero-order valence-corrected chi connectivity index (χ0v) is 8.18. The van der Waals surface area contributed by atoms with E-state index in [1.165, 1.54) is 0 Å². The number of ether oxygens (including phenoxy) is 1. The molecule has 12 heavy (non-hydrogen) atoms. The van der Waals surface area contributed by atoms with Gasteiger partial charge in [-0.3, -0.25) is 0 Å². The number of rotatable bonds is 3. The van der Waals surface area contributed by atoms with Crippen molar-refractivity contribution >= 4 is 0 Å². The van der Waals surface area contributed by atoms with Gasteiger partial charge < -0.3 is 9.84 Å². The summed E-state index contributed by atoms with van der Waals surface area (Å²) in [7, 11) is 0. The third kappa shape index (κ3) is 2.46. The Labute approximate surface area is 74.9 Å². The van der Waals surface area contributed by atoms with E-state index < -0.39 is 0 Å². The Hall–Kier alpha value is -0.0800. The lowest BCUT2D eigenvalue weighted by Crippen LogP contribution is -2.36. The second-order valence-corrected chi connectivity index (χ2v) is 4.41. The molecule has 0 spiro atoms. The molecular weight excluding hydrogens is 152 g/mol. The molecule has 1 fully saturated rings. The molecule has 1 atom stereocenters. The summed E-state index contributed by atoms with van der Waals surface area (Å²) in [5, 5.41) is 9.31. The largest absolute Gasteiger partial charge is 0.396 e. The molecule has 1 unspecified atom stereocenters. The Kier molecular flexibility index (Phi) is 3.53. The SMILES string of the molecule is CC(C)CC1(CO)CCCOC1. The quantitative estimate of drug-likeness (QED) is 0.703. The van der Waals surface area contributed by atoms with Crippen molar-refractivity contribution in [3.05, 3.63) is 0 Å². The Balaban J connectivity index is 2.48. The molecule has 0 aromatic carbocycles. The van der Waals surface area contributed by atoms with Crippen molar-refractivity contribution in [3.8, 4) is 0 Å². The highest BCUT2D eigenvalue weighted by Crippen LogP contribution is 2.34. The van der Waals surface area contributed by atoms with E-state index in [-0.39, 0.29) is 12.0 Å². The van der Waals surface area contributed by atoms with Crippen molar-refractivity contribution in [1.29, 1.82) is 0 Å². The highest BCUT2D eigenvalue weighted by Gasteiger charge is 2.32. The molecule has 1 saturated heterocycles. The van der Waals surface area contributed by atoms with E-state index in [9.17, 15) is 5.11 Å². The summed E-state index contributed by atoms with van der Waals surface area (Å²) in [5.74, 6) is 0.652. The van der Waals surface area contributed by atoms with Crippen LogP contribution in [0.15, 0.2) is 0 Å². The van der Waals surface area contributed by atoms with Gasteiger partial charge in [0, 0.05) is 12.0 Å². The monoisotopic (exact) mass is 172 g/mol. The first kappa shape index (κ1) is 10.0. The zero-order chi connectivity index (χ0) is 9.03. The van der Waals surface area contributed by atoms with Gasteiger partial charge in [0.05, 0.1) is 13.2 Å². The third-order valence-corrected chi connectivity index (χ3v) is 2.58. The number of hydrogen-bond donors (Lipinski definition) is 1.